The maximum absolute atomic E-state index is 14.9. The summed E-state index contributed by atoms with van der Waals surface area (Å²) in [6, 6.07) is 13.1. The third-order valence-electron chi connectivity index (χ3n) is 6.37. The standard InChI is InChI=1S/C26H31FN4O3/c1-4-19(5-2)25(32)29-21-10-11-23(22(27)16-21)30-12-14-31(15-13-30)24(26(33)34-3)20-8-6-18(17-28)7-9-20/h6-11,16,19,24H,4-5,12-15H2,1-3H3,(H,29,32). The summed E-state index contributed by atoms with van der Waals surface area (Å²) in [7, 11) is 1.36. The third-order valence-corrected chi connectivity index (χ3v) is 6.37. The summed E-state index contributed by atoms with van der Waals surface area (Å²) in [6.45, 7) is 6.05. The first-order chi connectivity index (χ1) is 16.4. The topological polar surface area (TPSA) is 85.7 Å². The van der Waals surface area contributed by atoms with Crippen LogP contribution in [0.4, 0.5) is 15.8 Å². The van der Waals surface area contributed by atoms with E-state index in [4.69, 9.17) is 10.00 Å². The molecule has 1 heterocycles. The van der Waals surface area contributed by atoms with Gasteiger partial charge in [0.1, 0.15) is 11.9 Å². The third kappa shape index (κ3) is 5.72. The van der Waals surface area contributed by atoms with Gasteiger partial charge in [0.2, 0.25) is 5.91 Å². The number of hydrogen-bond donors (Lipinski definition) is 1. The van der Waals surface area contributed by atoms with Crippen LogP contribution in [0.1, 0.15) is 43.9 Å². The molecule has 1 unspecified atom stereocenters. The van der Waals surface area contributed by atoms with Crippen LogP contribution in [-0.4, -0.2) is 50.1 Å². The smallest absolute Gasteiger partial charge is 0.327 e. The molecule has 0 saturated carbocycles. The number of ether oxygens (including phenoxy) is 1. The van der Waals surface area contributed by atoms with Crippen LogP contribution in [0, 0.1) is 23.1 Å². The quantitative estimate of drug-likeness (QED) is 0.590. The summed E-state index contributed by atoms with van der Waals surface area (Å²) >= 11 is 0. The highest BCUT2D eigenvalue weighted by atomic mass is 19.1. The SMILES string of the molecule is CCC(CC)C(=O)Nc1ccc(N2CCN(C(C(=O)OC)c3ccc(C#N)cc3)CC2)c(F)c1. The van der Waals surface area contributed by atoms with Crippen LogP contribution in [0.2, 0.25) is 0 Å². The summed E-state index contributed by atoms with van der Waals surface area (Å²) in [6.07, 6.45) is 1.48. The van der Waals surface area contributed by atoms with Crippen LogP contribution in [0.5, 0.6) is 0 Å². The van der Waals surface area contributed by atoms with Gasteiger partial charge in [0.15, 0.2) is 0 Å². The van der Waals surface area contributed by atoms with E-state index in [1.54, 1.807) is 36.4 Å². The molecule has 0 aromatic heterocycles. The van der Waals surface area contributed by atoms with E-state index in [1.165, 1.54) is 13.2 Å². The van der Waals surface area contributed by atoms with E-state index in [-0.39, 0.29) is 17.8 Å². The molecule has 2 aromatic rings. The minimum atomic E-state index is -0.590. The second-order valence-electron chi connectivity index (χ2n) is 8.35. The minimum absolute atomic E-state index is 0.0883. The van der Waals surface area contributed by atoms with Gasteiger partial charge in [0.05, 0.1) is 24.4 Å². The molecule has 0 bridgehead atoms. The number of benzene rings is 2. The van der Waals surface area contributed by atoms with Gasteiger partial charge in [-0.1, -0.05) is 26.0 Å². The number of carbonyl (C=O) groups is 2. The number of amides is 1. The molecule has 1 fully saturated rings. The highest BCUT2D eigenvalue weighted by molar-refractivity contribution is 5.92. The number of carbonyl (C=O) groups excluding carboxylic acids is 2. The molecule has 0 spiro atoms. The lowest BCUT2D eigenvalue weighted by Crippen LogP contribution is -2.49. The van der Waals surface area contributed by atoms with Crippen LogP contribution >= 0.6 is 0 Å². The van der Waals surface area contributed by atoms with Gasteiger partial charge in [-0.05, 0) is 48.7 Å². The van der Waals surface area contributed by atoms with E-state index < -0.39 is 11.9 Å². The van der Waals surface area contributed by atoms with Crippen LogP contribution in [0.3, 0.4) is 0 Å². The molecule has 0 radical (unpaired) electrons. The van der Waals surface area contributed by atoms with Crippen molar-refractivity contribution in [1.29, 1.82) is 5.26 Å². The molecular weight excluding hydrogens is 435 g/mol. The molecule has 1 aliphatic heterocycles. The zero-order valence-electron chi connectivity index (χ0n) is 19.9. The van der Waals surface area contributed by atoms with Gasteiger partial charge < -0.3 is 15.0 Å². The predicted molar refractivity (Wildman–Crippen MR) is 129 cm³/mol. The molecule has 1 aliphatic rings. The Morgan fingerprint density at radius 3 is 2.26 bits per heavy atom. The predicted octanol–water partition coefficient (Wildman–Crippen LogP) is 4.11. The van der Waals surface area contributed by atoms with Gasteiger partial charge in [-0.15, -0.1) is 0 Å². The number of halogens is 1. The largest absolute Gasteiger partial charge is 0.468 e. The summed E-state index contributed by atoms with van der Waals surface area (Å²) in [5.41, 5.74) is 2.19. The van der Waals surface area contributed by atoms with Crippen LogP contribution in [0.25, 0.3) is 0 Å². The highest BCUT2D eigenvalue weighted by Crippen LogP contribution is 2.28. The Labute approximate surface area is 200 Å². The van der Waals surface area contributed by atoms with Crippen molar-refractivity contribution >= 4 is 23.3 Å². The average molecular weight is 467 g/mol. The average Bonchev–Trinajstić information content (AvgIpc) is 2.86. The van der Waals surface area contributed by atoms with Crippen LogP contribution in [0.15, 0.2) is 42.5 Å². The lowest BCUT2D eigenvalue weighted by atomic mass is 10.0. The molecular formula is C26H31FN4O3. The Bertz CT molecular complexity index is 1040. The summed E-state index contributed by atoms with van der Waals surface area (Å²) in [4.78, 5) is 28.8. The molecule has 2 aromatic carbocycles. The fraction of sp³-hybridized carbons (Fsp3) is 0.423. The summed E-state index contributed by atoms with van der Waals surface area (Å²) in [5, 5.41) is 11.8. The van der Waals surface area contributed by atoms with Gasteiger partial charge in [0, 0.05) is 37.8 Å². The van der Waals surface area contributed by atoms with E-state index in [9.17, 15) is 14.0 Å². The van der Waals surface area contributed by atoms with E-state index in [0.717, 1.165) is 18.4 Å². The first-order valence-electron chi connectivity index (χ1n) is 11.6. The lowest BCUT2D eigenvalue weighted by molar-refractivity contribution is -0.147. The molecule has 180 valence electrons. The number of nitrogens with one attached hydrogen (secondary N) is 1. The molecule has 1 saturated heterocycles. The zero-order chi connectivity index (χ0) is 24.7. The van der Waals surface area contributed by atoms with Crippen molar-refractivity contribution in [3.63, 3.8) is 0 Å². The Hall–Kier alpha value is -3.44. The first-order valence-corrected chi connectivity index (χ1v) is 11.6. The number of nitriles is 1. The Morgan fingerprint density at radius 1 is 1.09 bits per heavy atom. The number of esters is 1. The van der Waals surface area contributed by atoms with Gasteiger partial charge >= 0.3 is 5.97 Å². The molecule has 7 nitrogen and oxygen atoms in total. The zero-order valence-corrected chi connectivity index (χ0v) is 19.9. The number of methoxy groups -OCH3 is 1. The molecule has 1 amide bonds. The summed E-state index contributed by atoms with van der Waals surface area (Å²) in [5.74, 6) is -0.952. The highest BCUT2D eigenvalue weighted by Gasteiger charge is 2.32. The van der Waals surface area contributed by atoms with Crippen molar-refractivity contribution in [2.75, 3.05) is 43.5 Å². The van der Waals surface area contributed by atoms with Crippen molar-refractivity contribution in [3.8, 4) is 6.07 Å². The van der Waals surface area contributed by atoms with Gasteiger partial charge in [0.25, 0.3) is 0 Å². The van der Waals surface area contributed by atoms with Crippen LogP contribution < -0.4 is 10.2 Å². The minimum Gasteiger partial charge on any atom is -0.468 e. The summed E-state index contributed by atoms with van der Waals surface area (Å²) < 4.78 is 19.9. The molecule has 34 heavy (non-hydrogen) atoms. The van der Waals surface area contributed by atoms with Crippen molar-refractivity contribution < 1.29 is 18.7 Å². The monoisotopic (exact) mass is 466 g/mol. The Morgan fingerprint density at radius 2 is 1.74 bits per heavy atom. The molecule has 0 aliphatic carbocycles. The van der Waals surface area contributed by atoms with E-state index in [2.05, 4.69) is 11.4 Å². The van der Waals surface area contributed by atoms with Crippen molar-refractivity contribution in [1.82, 2.24) is 4.90 Å². The van der Waals surface area contributed by atoms with E-state index in [0.29, 0.717) is 43.1 Å². The van der Waals surface area contributed by atoms with Gasteiger partial charge in [-0.3, -0.25) is 9.69 Å². The van der Waals surface area contributed by atoms with E-state index >= 15 is 0 Å². The number of hydrogen-bond acceptors (Lipinski definition) is 6. The second-order valence-corrected chi connectivity index (χ2v) is 8.35. The fourth-order valence-corrected chi connectivity index (χ4v) is 4.31. The van der Waals surface area contributed by atoms with Crippen molar-refractivity contribution in [3.05, 3.63) is 59.4 Å². The Kier molecular flexibility index (Phi) is 8.61. The van der Waals surface area contributed by atoms with Gasteiger partial charge in [-0.2, -0.15) is 5.26 Å². The number of nitrogens with zero attached hydrogens (tertiary/aromatic N) is 3. The number of rotatable bonds is 8. The second kappa shape index (κ2) is 11.6. The molecule has 1 atom stereocenters. The first kappa shape index (κ1) is 25.2. The molecule has 1 N–H and O–H groups in total. The Balaban J connectivity index is 1.68. The number of anilines is 2. The normalized spacial score (nSPS) is 15.0. The molecule has 3 rings (SSSR count). The fourth-order valence-electron chi connectivity index (χ4n) is 4.31. The van der Waals surface area contributed by atoms with E-state index in [1.807, 2.05) is 23.6 Å². The van der Waals surface area contributed by atoms with Crippen molar-refractivity contribution in [2.45, 2.75) is 32.7 Å². The maximum atomic E-state index is 14.9. The van der Waals surface area contributed by atoms with Crippen LogP contribution in [-0.2, 0) is 14.3 Å². The lowest BCUT2D eigenvalue weighted by Gasteiger charge is -2.39. The maximum Gasteiger partial charge on any atom is 0.327 e. The van der Waals surface area contributed by atoms with Gasteiger partial charge in [-0.25, -0.2) is 9.18 Å². The molecule has 8 heteroatoms. The number of piperazine rings is 1. The van der Waals surface area contributed by atoms with Crippen molar-refractivity contribution in [2.24, 2.45) is 5.92 Å².